The minimum atomic E-state index is -0.508. The number of benzene rings is 1. The number of carbonyl (C=O) groups excluding carboxylic acids is 2. The Morgan fingerprint density at radius 1 is 1.29 bits per heavy atom. The molecule has 0 aromatic heterocycles. The minimum Gasteiger partial charge on any atom is -0.486 e. The summed E-state index contributed by atoms with van der Waals surface area (Å²) in [6.07, 6.45) is 2.07. The van der Waals surface area contributed by atoms with Crippen LogP contribution in [0.5, 0.6) is 5.75 Å². The SMILES string of the molecule is O=C1CC2(CCN(C(=O)CC3=CSC4=NCCN34)CC2)Oc2ccc(Cl)cc21. The number of thioether (sulfide) groups is 1. The van der Waals surface area contributed by atoms with Gasteiger partial charge in [-0.25, -0.2) is 0 Å². The van der Waals surface area contributed by atoms with Gasteiger partial charge in [-0.3, -0.25) is 14.6 Å². The number of nitrogens with zero attached hydrogens (tertiary/aromatic N) is 3. The Hall–Kier alpha value is -1.99. The normalized spacial score (nSPS) is 22.5. The van der Waals surface area contributed by atoms with E-state index in [1.54, 1.807) is 30.0 Å². The predicted octanol–water partition coefficient (Wildman–Crippen LogP) is 3.32. The molecule has 1 aromatic carbocycles. The van der Waals surface area contributed by atoms with Gasteiger partial charge in [0.1, 0.15) is 11.4 Å². The van der Waals surface area contributed by atoms with Gasteiger partial charge in [0.05, 0.1) is 24.9 Å². The lowest BCUT2D eigenvalue weighted by molar-refractivity contribution is -0.134. The highest BCUT2D eigenvalue weighted by Crippen LogP contribution is 2.40. The van der Waals surface area contributed by atoms with E-state index in [-0.39, 0.29) is 11.7 Å². The second-order valence-corrected chi connectivity index (χ2v) is 8.90. The molecule has 28 heavy (non-hydrogen) atoms. The fourth-order valence-electron chi connectivity index (χ4n) is 4.29. The van der Waals surface area contributed by atoms with Crippen molar-refractivity contribution in [2.75, 3.05) is 26.2 Å². The molecule has 0 radical (unpaired) electrons. The molecular formula is C20H20ClN3O3S. The van der Waals surface area contributed by atoms with Crippen molar-refractivity contribution in [1.29, 1.82) is 0 Å². The van der Waals surface area contributed by atoms with Gasteiger partial charge in [0.15, 0.2) is 11.0 Å². The number of hydrogen-bond donors (Lipinski definition) is 0. The van der Waals surface area contributed by atoms with Crippen LogP contribution < -0.4 is 4.74 Å². The largest absolute Gasteiger partial charge is 0.486 e. The number of ketones is 1. The summed E-state index contributed by atoms with van der Waals surface area (Å²) in [4.78, 5) is 33.9. The Kier molecular flexibility index (Phi) is 4.39. The van der Waals surface area contributed by atoms with Crippen molar-refractivity contribution in [3.63, 3.8) is 0 Å². The van der Waals surface area contributed by atoms with Crippen LogP contribution in [0.2, 0.25) is 5.02 Å². The summed E-state index contributed by atoms with van der Waals surface area (Å²) in [5.74, 6) is 0.802. The number of fused-ring (bicyclic) bond motifs is 2. The fourth-order valence-corrected chi connectivity index (χ4v) is 5.42. The summed E-state index contributed by atoms with van der Waals surface area (Å²) in [6, 6.07) is 5.19. The van der Waals surface area contributed by atoms with Crippen molar-refractivity contribution in [2.45, 2.75) is 31.3 Å². The Morgan fingerprint density at radius 2 is 2.11 bits per heavy atom. The van der Waals surface area contributed by atoms with Gasteiger partial charge in [-0.05, 0) is 23.6 Å². The van der Waals surface area contributed by atoms with Crippen LogP contribution >= 0.6 is 23.4 Å². The number of piperidine rings is 1. The van der Waals surface area contributed by atoms with E-state index in [1.807, 2.05) is 10.3 Å². The molecule has 0 aliphatic carbocycles. The van der Waals surface area contributed by atoms with E-state index < -0.39 is 5.60 Å². The number of halogens is 1. The molecule has 0 atom stereocenters. The summed E-state index contributed by atoms with van der Waals surface area (Å²) in [7, 11) is 0. The van der Waals surface area contributed by atoms with Crippen molar-refractivity contribution < 1.29 is 14.3 Å². The van der Waals surface area contributed by atoms with Crippen LogP contribution in [-0.4, -0.2) is 58.4 Å². The number of Topliss-reactive ketones (excluding diaryl/α,β-unsaturated/α-hetero) is 1. The Bertz CT molecular complexity index is 921. The Morgan fingerprint density at radius 3 is 2.93 bits per heavy atom. The number of carbonyl (C=O) groups is 2. The van der Waals surface area contributed by atoms with E-state index in [9.17, 15) is 9.59 Å². The van der Waals surface area contributed by atoms with Gasteiger partial charge >= 0.3 is 0 Å². The highest BCUT2D eigenvalue weighted by Gasteiger charge is 2.44. The molecule has 0 N–H and O–H groups in total. The van der Waals surface area contributed by atoms with Crippen molar-refractivity contribution in [2.24, 2.45) is 4.99 Å². The highest BCUT2D eigenvalue weighted by molar-refractivity contribution is 8.16. The van der Waals surface area contributed by atoms with Crippen LogP contribution in [0.25, 0.3) is 0 Å². The van der Waals surface area contributed by atoms with Crippen LogP contribution in [0.4, 0.5) is 0 Å². The first kappa shape index (κ1) is 18.1. The topological polar surface area (TPSA) is 62.2 Å². The number of amidine groups is 1. The first-order valence-electron chi connectivity index (χ1n) is 9.50. The number of likely N-dealkylation sites (tertiary alicyclic amines) is 1. The van der Waals surface area contributed by atoms with Gasteiger partial charge < -0.3 is 14.5 Å². The number of aliphatic imine (C=N–C) groups is 1. The minimum absolute atomic E-state index is 0.0671. The molecule has 0 saturated carbocycles. The molecule has 5 rings (SSSR count). The average molecular weight is 418 g/mol. The Labute approximate surface area is 172 Å². The summed E-state index contributed by atoms with van der Waals surface area (Å²) >= 11 is 7.61. The molecule has 4 heterocycles. The molecule has 4 aliphatic heterocycles. The highest BCUT2D eigenvalue weighted by atomic mass is 35.5. The molecule has 6 nitrogen and oxygen atoms in total. The molecule has 1 amide bonds. The smallest absolute Gasteiger partial charge is 0.228 e. The van der Waals surface area contributed by atoms with Crippen molar-refractivity contribution >= 4 is 40.2 Å². The molecule has 1 aromatic rings. The number of hydrogen-bond acceptors (Lipinski definition) is 6. The monoisotopic (exact) mass is 417 g/mol. The van der Waals surface area contributed by atoms with E-state index in [2.05, 4.69) is 9.89 Å². The van der Waals surface area contributed by atoms with E-state index in [0.717, 1.165) is 24.0 Å². The lowest BCUT2D eigenvalue weighted by atomic mass is 9.82. The van der Waals surface area contributed by atoms with Crippen molar-refractivity contribution in [1.82, 2.24) is 9.80 Å². The third kappa shape index (κ3) is 3.10. The first-order valence-corrected chi connectivity index (χ1v) is 10.8. The summed E-state index contributed by atoms with van der Waals surface area (Å²) < 4.78 is 6.25. The molecular weight excluding hydrogens is 398 g/mol. The maximum absolute atomic E-state index is 12.8. The number of rotatable bonds is 2. The van der Waals surface area contributed by atoms with Crippen molar-refractivity contribution in [3.05, 3.63) is 39.9 Å². The summed E-state index contributed by atoms with van der Waals surface area (Å²) in [5.41, 5.74) is 1.10. The molecule has 0 unspecified atom stereocenters. The quantitative estimate of drug-likeness (QED) is 0.738. The molecule has 0 bridgehead atoms. The second-order valence-electron chi connectivity index (χ2n) is 7.63. The third-order valence-corrected chi connectivity index (χ3v) is 7.04. The third-order valence-electron chi connectivity index (χ3n) is 5.86. The molecule has 1 fully saturated rings. The number of ether oxygens (including phenoxy) is 1. The van der Waals surface area contributed by atoms with Crippen molar-refractivity contribution in [3.8, 4) is 5.75 Å². The zero-order valence-electron chi connectivity index (χ0n) is 15.3. The average Bonchev–Trinajstić information content (AvgIpc) is 3.28. The number of amides is 1. The predicted molar refractivity (Wildman–Crippen MR) is 109 cm³/mol. The lowest BCUT2D eigenvalue weighted by Gasteiger charge is -2.44. The molecule has 1 saturated heterocycles. The molecule has 1 spiro atoms. The maximum Gasteiger partial charge on any atom is 0.228 e. The van der Waals surface area contributed by atoms with Crippen LogP contribution in [0.15, 0.2) is 34.3 Å². The van der Waals surface area contributed by atoms with E-state index in [0.29, 0.717) is 55.1 Å². The molecule has 8 heteroatoms. The van der Waals surface area contributed by atoms with Crippen LogP contribution in [0.3, 0.4) is 0 Å². The zero-order valence-corrected chi connectivity index (χ0v) is 16.9. The van der Waals surface area contributed by atoms with Gasteiger partial charge in [0, 0.05) is 43.2 Å². The van der Waals surface area contributed by atoms with Crippen LogP contribution in [0.1, 0.15) is 36.0 Å². The van der Waals surface area contributed by atoms with Crippen LogP contribution in [0, 0.1) is 0 Å². The van der Waals surface area contributed by atoms with E-state index >= 15 is 0 Å². The Balaban J connectivity index is 1.23. The molecule has 4 aliphatic rings. The molecule has 146 valence electrons. The zero-order chi connectivity index (χ0) is 19.3. The fraction of sp³-hybridized carbons (Fsp3) is 0.450. The summed E-state index contributed by atoms with van der Waals surface area (Å²) in [6.45, 7) is 2.88. The van der Waals surface area contributed by atoms with Crippen LogP contribution in [-0.2, 0) is 4.79 Å². The van der Waals surface area contributed by atoms with Gasteiger partial charge in [0.25, 0.3) is 0 Å². The van der Waals surface area contributed by atoms with Gasteiger partial charge in [0.2, 0.25) is 5.91 Å². The lowest BCUT2D eigenvalue weighted by Crippen LogP contribution is -2.52. The summed E-state index contributed by atoms with van der Waals surface area (Å²) in [5, 5.41) is 3.58. The first-order chi connectivity index (χ1) is 13.5. The van der Waals surface area contributed by atoms with Gasteiger partial charge in [-0.1, -0.05) is 23.4 Å². The second kappa shape index (κ2) is 6.81. The van der Waals surface area contributed by atoms with Gasteiger partial charge in [-0.15, -0.1) is 0 Å². The van der Waals surface area contributed by atoms with Gasteiger partial charge in [-0.2, -0.15) is 0 Å². The standard InChI is InChI=1S/C20H20ClN3O3S/c21-13-1-2-17-15(9-13)16(25)11-20(27-17)3-6-23(7-4-20)18(26)10-14-12-28-19-22-5-8-24(14)19/h1-2,9,12H,3-8,10-11H2. The van der Waals surface area contributed by atoms with E-state index in [4.69, 9.17) is 16.3 Å². The maximum atomic E-state index is 12.8. The van der Waals surface area contributed by atoms with E-state index in [1.165, 1.54) is 0 Å².